The highest BCUT2D eigenvalue weighted by Gasteiger charge is 2.28. The molecular formula is C28H29N7S. The standard InChI is InChI=1S/C28H29N7S/c1-19-24-16-22(5-6-25(24)32-18-31-19)27-26(21-4-2-3-20(15-21)17-29)33-28(36-27)35-11-7-23(8-12-35)34-13-9-30-10-14-34/h2-6,15-16,18,23,30H,7-14H2,1H3. The zero-order valence-corrected chi connectivity index (χ0v) is 21.3. The third-order valence-electron chi connectivity index (χ3n) is 7.38. The number of fused-ring (bicyclic) bond motifs is 1. The summed E-state index contributed by atoms with van der Waals surface area (Å²) in [5.74, 6) is 0. The van der Waals surface area contributed by atoms with Gasteiger partial charge < -0.3 is 10.2 Å². The van der Waals surface area contributed by atoms with E-state index in [0.29, 0.717) is 11.6 Å². The zero-order valence-electron chi connectivity index (χ0n) is 20.4. The maximum atomic E-state index is 9.49. The minimum Gasteiger partial charge on any atom is -0.348 e. The Hall–Kier alpha value is -3.38. The first-order chi connectivity index (χ1) is 17.7. The van der Waals surface area contributed by atoms with Gasteiger partial charge in [-0.3, -0.25) is 4.90 Å². The van der Waals surface area contributed by atoms with E-state index in [1.165, 1.54) is 12.8 Å². The maximum absolute atomic E-state index is 9.49. The number of benzene rings is 2. The summed E-state index contributed by atoms with van der Waals surface area (Å²) in [6.45, 7) is 8.54. The van der Waals surface area contributed by atoms with Crippen molar-refractivity contribution in [3.63, 3.8) is 0 Å². The first-order valence-electron chi connectivity index (χ1n) is 12.6. The van der Waals surface area contributed by atoms with Gasteiger partial charge in [-0.1, -0.05) is 29.5 Å². The lowest BCUT2D eigenvalue weighted by Crippen LogP contribution is -2.52. The SMILES string of the molecule is Cc1ncnc2ccc(-c3sc(N4CCC(N5CCNCC5)CC4)nc3-c3cccc(C#N)c3)cc12. The lowest BCUT2D eigenvalue weighted by molar-refractivity contribution is 0.150. The van der Waals surface area contributed by atoms with Crippen LogP contribution in [-0.2, 0) is 0 Å². The highest BCUT2D eigenvalue weighted by Crippen LogP contribution is 2.42. The number of nitriles is 1. The second-order valence-electron chi connectivity index (χ2n) is 9.56. The number of nitrogens with zero attached hydrogens (tertiary/aromatic N) is 6. The summed E-state index contributed by atoms with van der Waals surface area (Å²) in [5.41, 5.74) is 5.58. The van der Waals surface area contributed by atoms with Crippen molar-refractivity contribution in [2.24, 2.45) is 0 Å². The Labute approximate surface area is 215 Å². The molecule has 2 fully saturated rings. The Morgan fingerprint density at radius 3 is 2.64 bits per heavy atom. The Morgan fingerprint density at radius 1 is 1.00 bits per heavy atom. The van der Waals surface area contributed by atoms with Crippen LogP contribution >= 0.6 is 11.3 Å². The molecule has 4 heterocycles. The fourth-order valence-corrected chi connectivity index (χ4v) is 6.50. The van der Waals surface area contributed by atoms with E-state index < -0.39 is 0 Å². The topological polar surface area (TPSA) is 81.0 Å². The Bertz CT molecular complexity index is 1430. The number of hydrogen-bond donors (Lipinski definition) is 1. The van der Waals surface area contributed by atoms with Gasteiger partial charge in [-0.25, -0.2) is 15.0 Å². The number of hydrogen-bond acceptors (Lipinski definition) is 8. The summed E-state index contributed by atoms with van der Waals surface area (Å²) in [5, 5.41) is 15.1. The average molecular weight is 496 g/mol. The van der Waals surface area contributed by atoms with Gasteiger partial charge in [0, 0.05) is 62.0 Å². The largest absolute Gasteiger partial charge is 0.348 e. The second kappa shape index (κ2) is 9.94. The molecule has 2 aromatic carbocycles. The number of thiazole rings is 1. The predicted octanol–water partition coefficient (Wildman–Crippen LogP) is 4.47. The fourth-order valence-electron chi connectivity index (χ4n) is 5.37. The van der Waals surface area contributed by atoms with Gasteiger partial charge in [0.05, 0.1) is 27.7 Å². The molecule has 8 heteroatoms. The van der Waals surface area contributed by atoms with Crippen molar-refractivity contribution in [1.29, 1.82) is 5.26 Å². The zero-order chi connectivity index (χ0) is 24.5. The van der Waals surface area contributed by atoms with Gasteiger partial charge in [0.2, 0.25) is 0 Å². The molecule has 0 spiro atoms. The van der Waals surface area contributed by atoms with Gasteiger partial charge in [-0.2, -0.15) is 5.26 Å². The van der Waals surface area contributed by atoms with Gasteiger partial charge in [0.15, 0.2) is 5.13 Å². The highest BCUT2D eigenvalue weighted by molar-refractivity contribution is 7.19. The molecule has 0 bridgehead atoms. The Kier molecular flexibility index (Phi) is 6.36. The summed E-state index contributed by atoms with van der Waals surface area (Å²) in [4.78, 5) is 20.2. The van der Waals surface area contributed by atoms with Crippen molar-refractivity contribution >= 4 is 27.4 Å². The van der Waals surface area contributed by atoms with E-state index in [4.69, 9.17) is 4.98 Å². The van der Waals surface area contributed by atoms with Crippen molar-refractivity contribution < 1.29 is 0 Å². The first-order valence-corrected chi connectivity index (χ1v) is 13.4. The van der Waals surface area contributed by atoms with E-state index in [1.54, 1.807) is 17.7 Å². The smallest absolute Gasteiger partial charge is 0.186 e. The molecule has 0 aliphatic carbocycles. The normalized spacial score (nSPS) is 17.4. The molecular weight excluding hydrogens is 466 g/mol. The monoisotopic (exact) mass is 495 g/mol. The number of anilines is 1. The van der Waals surface area contributed by atoms with Gasteiger partial charge in [0.25, 0.3) is 0 Å². The van der Waals surface area contributed by atoms with E-state index in [9.17, 15) is 5.26 Å². The number of nitrogens with one attached hydrogen (secondary N) is 1. The molecule has 0 amide bonds. The lowest BCUT2D eigenvalue weighted by atomic mass is 10.0. The number of piperazine rings is 1. The van der Waals surface area contributed by atoms with Crippen LogP contribution in [0, 0.1) is 18.3 Å². The molecule has 0 saturated carbocycles. The molecule has 2 aliphatic heterocycles. The molecule has 6 rings (SSSR count). The van der Waals surface area contributed by atoms with Gasteiger partial charge >= 0.3 is 0 Å². The van der Waals surface area contributed by atoms with E-state index >= 15 is 0 Å². The van der Waals surface area contributed by atoms with Crippen LogP contribution in [0.3, 0.4) is 0 Å². The van der Waals surface area contributed by atoms with Gasteiger partial charge in [0.1, 0.15) is 6.33 Å². The number of rotatable bonds is 4. The van der Waals surface area contributed by atoms with Crippen molar-refractivity contribution in [2.75, 3.05) is 44.2 Å². The molecule has 4 aromatic rings. The molecule has 0 atom stereocenters. The molecule has 2 saturated heterocycles. The lowest BCUT2D eigenvalue weighted by Gasteiger charge is -2.40. The minimum atomic E-state index is 0.646. The Morgan fingerprint density at radius 2 is 1.83 bits per heavy atom. The molecule has 7 nitrogen and oxygen atoms in total. The van der Waals surface area contributed by atoms with Crippen LogP contribution in [0.1, 0.15) is 24.1 Å². The Balaban J connectivity index is 1.36. The van der Waals surface area contributed by atoms with E-state index in [2.05, 4.69) is 55.4 Å². The number of aromatic nitrogens is 3. The molecule has 36 heavy (non-hydrogen) atoms. The van der Waals surface area contributed by atoms with Crippen LogP contribution in [0.4, 0.5) is 5.13 Å². The quantitative estimate of drug-likeness (QED) is 0.447. The number of aryl methyl sites for hydroxylation is 1. The van der Waals surface area contributed by atoms with Crippen LogP contribution in [0.15, 0.2) is 48.8 Å². The molecule has 0 radical (unpaired) electrons. The summed E-state index contributed by atoms with van der Waals surface area (Å²) >= 11 is 1.75. The molecule has 182 valence electrons. The maximum Gasteiger partial charge on any atom is 0.186 e. The summed E-state index contributed by atoms with van der Waals surface area (Å²) in [7, 11) is 0. The molecule has 2 aromatic heterocycles. The second-order valence-corrected chi connectivity index (χ2v) is 10.5. The van der Waals surface area contributed by atoms with E-state index in [-0.39, 0.29) is 0 Å². The van der Waals surface area contributed by atoms with Crippen molar-refractivity contribution in [2.45, 2.75) is 25.8 Å². The minimum absolute atomic E-state index is 0.646. The first kappa shape index (κ1) is 23.0. The summed E-state index contributed by atoms with van der Waals surface area (Å²) < 4.78 is 0. The van der Waals surface area contributed by atoms with Gasteiger partial charge in [-0.05, 0) is 49.6 Å². The van der Waals surface area contributed by atoms with Crippen LogP contribution in [-0.4, -0.2) is 65.2 Å². The average Bonchev–Trinajstić information content (AvgIpc) is 3.39. The molecule has 1 N–H and O–H groups in total. The van der Waals surface area contributed by atoms with Crippen molar-refractivity contribution in [3.8, 4) is 27.8 Å². The predicted molar refractivity (Wildman–Crippen MR) is 145 cm³/mol. The van der Waals surface area contributed by atoms with Crippen molar-refractivity contribution in [3.05, 3.63) is 60.0 Å². The highest BCUT2D eigenvalue weighted by atomic mass is 32.1. The summed E-state index contributed by atoms with van der Waals surface area (Å²) in [6.07, 6.45) is 3.95. The van der Waals surface area contributed by atoms with Gasteiger partial charge in [-0.15, -0.1) is 0 Å². The number of piperidine rings is 1. The van der Waals surface area contributed by atoms with Crippen LogP contribution in [0.2, 0.25) is 0 Å². The van der Waals surface area contributed by atoms with Crippen LogP contribution in [0.5, 0.6) is 0 Å². The van der Waals surface area contributed by atoms with Crippen molar-refractivity contribution in [1.82, 2.24) is 25.2 Å². The van der Waals surface area contributed by atoms with Crippen LogP contribution < -0.4 is 10.2 Å². The third-order valence-corrected chi connectivity index (χ3v) is 8.55. The molecule has 0 unspecified atom stereocenters. The third kappa shape index (κ3) is 4.46. The van der Waals surface area contributed by atoms with Crippen LogP contribution in [0.25, 0.3) is 32.6 Å². The fraction of sp³-hybridized carbons (Fsp3) is 0.357. The molecule has 2 aliphatic rings. The summed E-state index contributed by atoms with van der Waals surface area (Å²) in [6, 6.07) is 17.1. The van der Waals surface area contributed by atoms with E-state index in [0.717, 1.165) is 82.7 Å². The van der Waals surface area contributed by atoms with E-state index in [1.807, 2.05) is 25.1 Å².